The number of aliphatic carboxylic acids is 1. The van der Waals surface area contributed by atoms with E-state index in [1.54, 1.807) is 6.20 Å². The van der Waals surface area contributed by atoms with Gasteiger partial charge in [0.15, 0.2) is 5.65 Å². The van der Waals surface area contributed by atoms with Crippen molar-refractivity contribution < 1.29 is 9.90 Å². The molecule has 5 aromatic rings. The molecule has 0 fully saturated rings. The highest BCUT2D eigenvalue weighted by molar-refractivity contribution is 5.82. The van der Waals surface area contributed by atoms with Crippen molar-refractivity contribution in [1.29, 1.82) is 0 Å². The average Bonchev–Trinajstić information content (AvgIpc) is 3.47. The third kappa shape index (κ3) is 4.36. The minimum atomic E-state index is -0.694. The number of benzene rings is 2. The lowest BCUT2D eigenvalue weighted by molar-refractivity contribution is -0.138. The molecule has 1 aliphatic rings. The first-order chi connectivity index (χ1) is 17.0. The number of rotatable bonds is 3. The molecule has 1 atom stereocenters. The molecule has 3 aromatic heterocycles. The minimum Gasteiger partial charge on any atom is -0.481 e. The Kier molecular flexibility index (Phi) is 5.97. The van der Waals surface area contributed by atoms with Crippen molar-refractivity contribution in [2.75, 3.05) is 5.73 Å². The fraction of sp³-hybridized carbons (Fsp3) is 0.143. The number of nitrogens with zero attached hydrogens (tertiary/aromatic N) is 4. The molecule has 3 N–H and O–H groups in total. The number of anilines is 1. The van der Waals surface area contributed by atoms with Crippen LogP contribution in [0.3, 0.4) is 0 Å². The second kappa shape index (κ2) is 9.38. The number of nitrogen functional groups attached to an aromatic ring is 1. The molecule has 0 radical (unpaired) electrons. The van der Waals surface area contributed by atoms with Gasteiger partial charge in [0.05, 0.1) is 17.2 Å². The van der Waals surface area contributed by atoms with Crippen LogP contribution in [-0.2, 0) is 18.3 Å². The van der Waals surface area contributed by atoms with Gasteiger partial charge in [-0.2, -0.15) is 0 Å². The van der Waals surface area contributed by atoms with E-state index in [9.17, 15) is 4.79 Å². The summed E-state index contributed by atoms with van der Waals surface area (Å²) in [5.74, 6) is 0.277. The first-order valence-electron chi connectivity index (χ1n) is 11.4. The zero-order valence-corrected chi connectivity index (χ0v) is 19.3. The van der Waals surface area contributed by atoms with E-state index in [-0.39, 0.29) is 5.92 Å². The van der Waals surface area contributed by atoms with Crippen molar-refractivity contribution in [3.8, 4) is 22.6 Å². The summed E-state index contributed by atoms with van der Waals surface area (Å²) in [6, 6.07) is 25.6. The van der Waals surface area contributed by atoms with Crippen LogP contribution in [0, 0.1) is 0 Å². The summed E-state index contributed by atoms with van der Waals surface area (Å²) in [4.78, 5) is 24.3. The van der Waals surface area contributed by atoms with Gasteiger partial charge in [0.25, 0.3) is 0 Å². The fourth-order valence-electron chi connectivity index (χ4n) is 4.50. The first kappa shape index (κ1) is 22.3. The van der Waals surface area contributed by atoms with Gasteiger partial charge in [-0.3, -0.25) is 4.79 Å². The zero-order chi connectivity index (χ0) is 24.4. The number of hydrogen-bond acceptors (Lipinski definition) is 5. The third-order valence-electron chi connectivity index (χ3n) is 6.30. The van der Waals surface area contributed by atoms with E-state index in [4.69, 9.17) is 15.8 Å². The van der Waals surface area contributed by atoms with E-state index in [0.717, 1.165) is 52.2 Å². The maximum atomic E-state index is 10.8. The summed E-state index contributed by atoms with van der Waals surface area (Å²) in [5.41, 5.74) is 12.7. The van der Waals surface area contributed by atoms with Gasteiger partial charge in [0, 0.05) is 18.8 Å². The Bertz CT molecular complexity index is 1510. The number of hydrogen-bond donors (Lipinski definition) is 2. The Morgan fingerprint density at radius 3 is 2.51 bits per heavy atom. The third-order valence-corrected chi connectivity index (χ3v) is 6.30. The second-order valence-electron chi connectivity index (χ2n) is 8.46. The highest BCUT2D eigenvalue weighted by Crippen LogP contribution is 2.32. The molecule has 1 aliphatic carbocycles. The Morgan fingerprint density at radius 2 is 1.74 bits per heavy atom. The van der Waals surface area contributed by atoms with Crippen LogP contribution in [-0.4, -0.2) is 30.6 Å². The summed E-state index contributed by atoms with van der Waals surface area (Å²) in [5, 5.41) is 8.86. The first-order valence-corrected chi connectivity index (χ1v) is 11.4. The molecule has 174 valence electrons. The van der Waals surface area contributed by atoms with E-state index < -0.39 is 5.97 Å². The van der Waals surface area contributed by atoms with Crippen LogP contribution in [0.1, 0.15) is 23.5 Å². The number of aromatic nitrogens is 4. The van der Waals surface area contributed by atoms with Gasteiger partial charge in [0.1, 0.15) is 17.2 Å². The summed E-state index contributed by atoms with van der Waals surface area (Å²) in [6.07, 6.45) is 3.34. The lowest BCUT2D eigenvalue weighted by Crippen LogP contribution is -2.07. The number of carbonyl (C=O) groups is 1. The van der Waals surface area contributed by atoms with Gasteiger partial charge < -0.3 is 15.4 Å². The highest BCUT2D eigenvalue weighted by Gasteiger charge is 2.27. The molecule has 2 aromatic carbocycles. The molecule has 0 saturated carbocycles. The predicted octanol–water partition coefficient (Wildman–Crippen LogP) is 5.08. The Balaban J connectivity index is 0.000000178. The number of nitrogens with two attached hydrogens (primary N) is 1. The molecular formula is C28H25N5O2. The van der Waals surface area contributed by atoms with Crippen LogP contribution >= 0.6 is 0 Å². The monoisotopic (exact) mass is 463 g/mol. The second-order valence-corrected chi connectivity index (χ2v) is 8.46. The maximum absolute atomic E-state index is 10.8. The largest absolute Gasteiger partial charge is 0.481 e. The van der Waals surface area contributed by atoms with E-state index in [1.165, 1.54) is 5.56 Å². The number of imidazole rings is 1. The molecule has 3 heterocycles. The van der Waals surface area contributed by atoms with Crippen molar-refractivity contribution in [2.45, 2.75) is 18.8 Å². The Morgan fingerprint density at radius 1 is 0.971 bits per heavy atom. The predicted molar refractivity (Wildman–Crippen MR) is 137 cm³/mol. The lowest BCUT2D eigenvalue weighted by atomic mass is 10.0. The van der Waals surface area contributed by atoms with Crippen LogP contribution in [0.2, 0.25) is 0 Å². The molecule has 6 rings (SSSR count). The Hall–Kier alpha value is -4.52. The molecule has 35 heavy (non-hydrogen) atoms. The number of pyridine rings is 2. The topological polar surface area (TPSA) is 107 Å². The molecule has 7 heteroatoms. The normalized spacial score (nSPS) is 14.3. The van der Waals surface area contributed by atoms with Gasteiger partial charge >= 0.3 is 5.97 Å². The quantitative estimate of drug-likeness (QED) is 0.386. The smallest absolute Gasteiger partial charge is 0.310 e. The highest BCUT2D eigenvalue weighted by atomic mass is 16.4. The lowest BCUT2D eigenvalue weighted by Gasteiger charge is -2.05. The molecule has 0 spiro atoms. The van der Waals surface area contributed by atoms with Gasteiger partial charge in [-0.15, -0.1) is 0 Å². The minimum absolute atomic E-state index is 0.263. The molecule has 1 unspecified atom stereocenters. The molecule has 0 aliphatic heterocycles. The number of carboxylic acid groups (broad SMARTS) is 1. The summed E-state index contributed by atoms with van der Waals surface area (Å²) in [6.45, 7) is 0. The SMILES string of the molecule is Cn1c(-c2cccnc2N)nc2ccc(-c3ccccc3)nc21.O=C(O)C1CCc2ccccc21. The van der Waals surface area contributed by atoms with Crippen molar-refractivity contribution >= 4 is 23.0 Å². The number of aryl methyl sites for hydroxylation is 2. The molecule has 0 amide bonds. The van der Waals surface area contributed by atoms with Gasteiger partial charge in [-0.05, 0) is 48.2 Å². The van der Waals surface area contributed by atoms with E-state index in [1.807, 2.05) is 90.5 Å². The number of fused-ring (bicyclic) bond motifs is 2. The average molecular weight is 464 g/mol. The maximum Gasteiger partial charge on any atom is 0.310 e. The zero-order valence-electron chi connectivity index (χ0n) is 19.3. The Labute approximate surface area is 202 Å². The fourth-order valence-corrected chi connectivity index (χ4v) is 4.50. The van der Waals surface area contributed by atoms with Gasteiger partial charge in [0.2, 0.25) is 0 Å². The van der Waals surface area contributed by atoms with Crippen LogP contribution in [0.25, 0.3) is 33.8 Å². The van der Waals surface area contributed by atoms with Crippen LogP contribution in [0.15, 0.2) is 85.1 Å². The van der Waals surface area contributed by atoms with Crippen molar-refractivity contribution in [3.05, 3.63) is 96.2 Å². The molecule has 0 saturated heterocycles. The van der Waals surface area contributed by atoms with E-state index >= 15 is 0 Å². The standard InChI is InChI=1S/C18H15N5.C10H10O2/c1-23-17(13-8-5-11-20-16(13)19)22-15-10-9-14(21-18(15)23)12-6-3-2-4-7-12;11-10(12)9-6-5-7-3-1-2-4-8(7)9/h2-11H,1H3,(H2,19,20);1-4,9H,5-6H2,(H,11,12). The molecular weight excluding hydrogens is 438 g/mol. The summed E-state index contributed by atoms with van der Waals surface area (Å²) in [7, 11) is 1.94. The van der Waals surface area contributed by atoms with Crippen LogP contribution in [0.4, 0.5) is 5.82 Å². The molecule has 0 bridgehead atoms. The van der Waals surface area contributed by atoms with Gasteiger partial charge in [-0.1, -0.05) is 54.6 Å². The van der Waals surface area contributed by atoms with E-state index in [2.05, 4.69) is 9.97 Å². The van der Waals surface area contributed by atoms with E-state index in [0.29, 0.717) is 5.82 Å². The van der Waals surface area contributed by atoms with Crippen LogP contribution in [0.5, 0.6) is 0 Å². The van der Waals surface area contributed by atoms with Crippen molar-refractivity contribution in [3.63, 3.8) is 0 Å². The summed E-state index contributed by atoms with van der Waals surface area (Å²) < 4.78 is 1.95. The van der Waals surface area contributed by atoms with Crippen molar-refractivity contribution in [2.24, 2.45) is 7.05 Å². The molecule has 7 nitrogen and oxygen atoms in total. The van der Waals surface area contributed by atoms with Crippen LogP contribution < -0.4 is 5.73 Å². The summed E-state index contributed by atoms with van der Waals surface area (Å²) >= 11 is 0. The van der Waals surface area contributed by atoms with Crippen molar-refractivity contribution in [1.82, 2.24) is 19.5 Å². The number of carboxylic acids is 1. The van der Waals surface area contributed by atoms with Gasteiger partial charge in [-0.25, -0.2) is 15.0 Å².